The first-order chi connectivity index (χ1) is 12.1. The summed E-state index contributed by atoms with van der Waals surface area (Å²) in [5.41, 5.74) is 4.61. The lowest BCUT2D eigenvalue weighted by atomic mass is 9.95. The van der Waals surface area contributed by atoms with Gasteiger partial charge in [-0.1, -0.05) is 0 Å². The Morgan fingerprint density at radius 1 is 0.923 bits per heavy atom. The van der Waals surface area contributed by atoms with E-state index in [4.69, 9.17) is 4.74 Å². The molecular formula is C19H32N2O4S. The van der Waals surface area contributed by atoms with Crippen LogP contribution in [0.3, 0.4) is 0 Å². The van der Waals surface area contributed by atoms with E-state index in [9.17, 15) is 13.2 Å². The quantitative estimate of drug-likeness (QED) is 0.607. The smallest absolute Gasteiger partial charge is 0.241 e. The van der Waals surface area contributed by atoms with Gasteiger partial charge in [0.25, 0.3) is 0 Å². The molecule has 0 saturated carbocycles. The minimum atomic E-state index is -3.66. The lowest BCUT2D eigenvalue weighted by Gasteiger charge is -2.19. The van der Waals surface area contributed by atoms with Gasteiger partial charge in [-0.15, -0.1) is 0 Å². The molecule has 0 heterocycles. The molecule has 1 aromatic carbocycles. The number of amides is 1. The SMILES string of the molecule is CCOCCCNC(=O)CCNS(=O)(=O)c1c(C)c(C)c(C)c(C)c1C. The third kappa shape index (κ3) is 5.79. The normalized spacial score (nSPS) is 11.6. The van der Waals surface area contributed by atoms with Crippen LogP contribution < -0.4 is 10.0 Å². The first-order valence-corrected chi connectivity index (χ1v) is 10.5. The highest BCUT2D eigenvalue weighted by Crippen LogP contribution is 2.29. The maximum Gasteiger partial charge on any atom is 0.241 e. The highest BCUT2D eigenvalue weighted by Gasteiger charge is 2.23. The fourth-order valence-electron chi connectivity index (χ4n) is 2.87. The number of rotatable bonds is 10. The average molecular weight is 385 g/mol. The predicted octanol–water partition coefficient (Wildman–Crippen LogP) is 2.44. The molecule has 0 aliphatic rings. The standard InChI is InChI=1S/C19H32N2O4S/c1-7-25-12-8-10-20-18(22)9-11-21-26(23,24)19-16(5)14(3)13(2)15(4)17(19)6/h21H,7-12H2,1-6H3,(H,20,22). The molecule has 1 aromatic rings. The maximum atomic E-state index is 12.7. The molecular weight excluding hydrogens is 352 g/mol. The number of benzene rings is 1. The van der Waals surface area contributed by atoms with E-state index < -0.39 is 10.0 Å². The van der Waals surface area contributed by atoms with Crippen molar-refractivity contribution in [1.29, 1.82) is 0 Å². The predicted molar refractivity (Wildman–Crippen MR) is 104 cm³/mol. The van der Waals surface area contributed by atoms with Crippen LogP contribution in [0.5, 0.6) is 0 Å². The first kappa shape index (κ1) is 22.6. The summed E-state index contributed by atoms with van der Waals surface area (Å²) in [7, 11) is -3.66. The Morgan fingerprint density at radius 3 is 2.00 bits per heavy atom. The van der Waals surface area contributed by atoms with Gasteiger partial charge >= 0.3 is 0 Å². The van der Waals surface area contributed by atoms with Crippen molar-refractivity contribution in [3.05, 3.63) is 27.8 Å². The molecule has 0 radical (unpaired) electrons. The van der Waals surface area contributed by atoms with Gasteiger partial charge in [0, 0.05) is 32.7 Å². The van der Waals surface area contributed by atoms with E-state index >= 15 is 0 Å². The van der Waals surface area contributed by atoms with Crippen molar-refractivity contribution >= 4 is 15.9 Å². The third-order valence-electron chi connectivity index (χ3n) is 4.84. The Labute approximate surface area is 157 Å². The van der Waals surface area contributed by atoms with E-state index in [1.54, 1.807) is 0 Å². The van der Waals surface area contributed by atoms with E-state index in [1.807, 2.05) is 41.5 Å². The summed E-state index contributed by atoms with van der Waals surface area (Å²) >= 11 is 0. The van der Waals surface area contributed by atoms with E-state index in [2.05, 4.69) is 10.0 Å². The van der Waals surface area contributed by atoms with Crippen LogP contribution in [0.2, 0.25) is 0 Å². The van der Waals surface area contributed by atoms with Gasteiger partial charge in [-0.05, 0) is 75.8 Å². The fourth-order valence-corrected chi connectivity index (χ4v) is 4.50. The van der Waals surface area contributed by atoms with E-state index in [-0.39, 0.29) is 18.9 Å². The number of nitrogens with one attached hydrogen (secondary N) is 2. The number of hydrogen-bond acceptors (Lipinski definition) is 4. The molecule has 0 atom stereocenters. The van der Waals surface area contributed by atoms with Crippen molar-refractivity contribution < 1.29 is 17.9 Å². The first-order valence-electron chi connectivity index (χ1n) is 9.04. The van der Waals surface area contributed by atoms with Gasteiger partial charge in [-0.25, -0.2) is 13.1 Å². The molecule has 0 aliphatic heterocycles. The molecule has 2 N–H and O–H groups in total. The molecule has 148 valence electrons. The van der Waals surface area contributed by atoms with E-state index in [0.717, 1.165) is 34.2 Å². The summed E-state index contributed by atoms with van der Waals surface area (Å²) < 4.78 is 33.2. The van der Waals surface area contributed by atoms with Crippen molar-refractivity contribution in [1.82, 2.24) is 10.0 Å². The van der Waals surface area contributed by atoms with Crippen LogP contribution in [0.4, 0.5) is 0 Å². The lowest BCUT2D eigenvalue weighted by Crippen LogP contribution is -2.32. The molecule has 0 fully saturated rings. The van der Waals surface area contributed by atoms with Crippen LogP contribution >= 0.6 is 0 Å². The van der Waals surface area contributed by atoms with E-state index in [0.29, 0.717) is 24.7 Å². The van der Waals surface area contributed by atoms with Gasteiger partial charge < -0.3 is 10.1 Å². The number of hydrogen-bond donors (Lipinski definition) is 2. The Bertz CT molecular complexity index is 713. The Kier molecular flexibility index (Phi) is 8.73. The summed E-state index contributed by atoms with van der Waals surface area (Å²) in [5, 5.41) is 2.76. The van der Waals surface area contributed by atoms with Crippen molar-refractivity contribution in [2.75, 3.05) is 26.3 Å². The van der Waals surface area contributed by atoms with Gasteiger partial charge in [0.05, 0.1) is 4.90 Å². The highest BCUT2D eigenvalue weighted by molar-refractivity contribution is 7.89. The second-order valence-electron chi connectivity index (χ2n) is 6.50. The molecule has 0 aromatic heterocycles. The molecule has 0 unspecified atom stereocenters. The topological polar surface area (TPSA) is 84.5 Å². The molecule has 0 bridgehead atoms. The molecule has 7 heteroatoms. The summed E-state index contributed by atoms with van der Waals surface area (Å²) in [4.78, 5) is 12.1. The Hall–Kier alpha value is -1.44. The van der Waals surface area contributed by atoms with Crippen LogP contribution in [0.1, 0.15) is 47.6 Å². The second kappa shape index (κ2) is 10.0. The molecule has 0 aliphatic carbocycles. The summed E-state index contributed by atoms with van der Waals surface area (Å²) in [6, 6.07) is 0. The maximum absolute atomic E-state index is 12.7. The van der Waals surface area contributed by atoms with Gasteiger partial charge in [-0.2, -0.15) is 0 Å². The molecule has 0 spiro atoms. The molecule has 1 rings (SSSR count). The van der Waals surface area contributed by atoms with Crippen LogP contribution in [0, 0.1) is 34.6 Å². The van der Waals surface area contributed by atoms with Gasteiger partial charge in [-0.3, -0.25) is 4.79 Å². The highest BCUT2D eigenvalue weighted by atomic mass is 32.2. The van der Waals surface area contributed by atoms with Gasteiger partial charge in [0.1, 0.15) is 0 Å². The molecule has 0 saturated heterocycles. The minimum Gasteiger partial charge on any atom is -0.382 e. The monoisotopic (exact) mass is 384 g/mol. The Morgan fingerprint density at radius 2 is 1.46 bits per heavy atom. The zero-order valence-electron chi connectivity index (χ0n) is 16.8. The Balaban J connectivity index is 2.67. The van der Waals surface area contributed by atoms with Crippen LogP contribution in [0.25, 0.3) is 0 Å². The average Bonchev–Trinajstić information content (AvgIpc) is 2.57. The summed E-state index contributed by atoms with van der Waals surface area (Å²) in [6.45, 7) is 13.3. The zero-order chi connectivity index (χ0) is 19.9. The fraction of sp³-hybridized carbons (Fsp3) is 0.632. The largest absolute Gasteiger partial charge is 0.382 e. The summed E-state index contributed by atoms with van der Waals surface area (Å²) in [5.74, 6) is -0.172. The molecule has 6 nitrogen and oxygen atoms in total. The minimum absolute atomic E-state index is 0.0739. The van der Waals surface area contributed by atoms with Crippen LogP contribution in [-0.4, -0.2) is 40.6 Å². The zero-order valence-corrected chi connectivity index (χ0v) is 17.6. The number of ether oxygens (including phenoxy) is 1. The number of carbonyl (C=O) groups is 1. The van der Waals surface area contributed by atoms with Crippen LogP contribution in [0.15, 0.2) is 4.90 Å². The molecule has 1 amide bonds. The number of carbonyl (C=O) groups excluding carboxylic acids is 1. The van der Waals surface area contributed by atoms with E-state index in [1.165, 1.54) is 0 Å². The van der Waals surface area contributed by atoms with Crippen molar-refractivity contribution in [3.8, 4) is 0 Å². The summed E-state index contributed by atoms with van der Waals surface area (Å²) in [6.07, 6.45) is 0.849. The third-order valence-corrected chi connectivity index (χ3v) is 6.57. The van der Waals surface area contributed by atoms with Gasteiger partial charge in [0.15, 0.2) is 0 Å². The number of sulfonamides is 1. The van der Waals surface area contributed by atoms with Crippen molar-refractivity contribution in [3.63, 3.8) is 0 Å². The van der Waals surface area contributed by atoms with Crippen molar-refractivity contribution in [2.45, 2.75) is 59.3 Å². The van der Waals surface area contributed by atoms with Gasteiger partial charge in [0.2, 0.25) is 15.9 Å². The lowest BCUT2D eigenvalue weighted by molar-refractivity contribution is -0.120. The van der Waals surface area contributed by atoms with Crippen LogP contribution in [-0.2, 0) is 19.6 Å². The molecule has 26 heavy (non-hydrogen) atoms. The second-order valence-corrected chi connectivity index (χ2v) is 8.21. The van der Waals surface area contributed by atoms with Crippen molar-refractivity contribution in [2.24, 2.45) is 0 Å².